The van der Waals surface area contributed by atoms with Crippen molar-refractivity contribution in [3.63, 3.8) is 0 Å². The van der Waals surface area contributed by atoms with Crippen LogP contribution < -0.4 is 0 Å². The molecule has 4 saturated carbocycles. The Bertz CT molecular complexity index is 543. The molecule has 6 rings (SSSR count). The zero-order chi connectivity index (χ0) is 14.0. The third-order valence-electron chi connectivity index (χ3n) is 6.56. The van der Waals surface area contributed by atoms with E-state index in [4.69, 9.17) is 0 Å². The van der Waals surface area contributed by atoms with Crippen molar-refractivity contribution in [1.82, 2.24) is 4.90 Å². The van der Waals surface area contributed by atoms with E-state index in [9.17, 15) is 4.79 Å². The average molecular weight is 281 g/mol. The van der Waals surface area contributed by atoms with Crippen LogP contribution in [-0.4, -0.2) is 22.4 Å². The first-order chi connectivity index (χ1) is 10.2. The number of hydrogen-bond donors (Lipinski definition) is 0. The summed E-state index contributed by atoms with van der Waals surface area (Å²) in [4.78, 5) is 14.8. The van der Waals surface area contributed by atoms with Crippen LogP contribution in [0.5, 0.6) is 0 Å². The maximum Gasteiger partial charge on any atom is 0.246 e. The molecule has 1 heterocycles. The van der Waals surface area contributed by atoms with Crippen molar-refractivity contribution in [2.45, 2.75) is 56.5 Å². The number of hydrogen-bond acceptors (Lipinski definition) is 1. The summed E-state index contributed by atoms with van der Waals surface area (Å²) in [5.41, 5.74) is 1.58. The molecule has 0 aromatic heterocycles. The minimum absolute atomic E-state index is 0.184. The van der Waals surface area contributed by atoms with Crippen molar-refractivity contribution in [3.05, 3.63) is 35.9 Å². The molecule has 1 aromatic rings. The molecule has 2 nitrogen and oxygen atoms in total. The Morgan fingerprint density at radius 3 is 2.10 bits per heavy atom. The van der Waals surface area contributed by atoms with Gasteiger partial charge in [-0.1, -0.05) is 30.3 Å². The van der Waals surface area contributed by atoms with Crippen molar-refractivity contribution in [2.75, 3.05) is 0 Å². The minimum Gasteiger partial charge on any atom is -0.323 e. The summed E-state index contributed by atoms with van der Waals surface area (Å²) in [5.74, 6) is 3.19. The Balaban J connectivity index is 1.38. The fraction of sp³-hybridized carbons (Fsp3) is 0.632. The molecule has 1 amide bonds. The Hall–Kier alpha value is -1.31. The third-order valence-corrected chi connectivity index (χ3v) is 6.56. The Kier molecular flexibility index (Phi) is 2.40. The fourth-order valence-corrected chi connectivity index (χ4v) is 6.16. The molecular formula is C19H23NO. The molecule has 1 aromatic carbocycles. The van der Waals surface area contributed by atoms with Crippen LogP contribution in [0.3, 0.4) is 0 Å². The van der Waals surface area contributed by atoms with Crippen LogP contribution in [0, 0.1) is 17.8 Å². The van der Waals surface area contributed by atoms with Gasteiger partial charge in [-0.25, -0.2) is 0 Å². The van der Waals surface area contributed by atoms with Gasteiger partial charge >= 0.3 is 0 Å². The summed E-state index contributed by atoms with van der Waals surface area (Å²) in [6.07, 6.45) is 9.17. The zero-order valence-electron chi connectivity index (χ0n) is 12.5. The smallest absolute Gasteiger partial charge is 0.246 e. The van der Waals surface area contributed by atoms with Gasteiger partial charge in [-0.2, -0.15) is 0 Å². The van der Waals surface area contributed by atoms with Gasteiger partial charge in [0.1, 0.15) is 6.04 Å². The predicted molar refractivity (Wildman–Crippen MR) is 81.7 cm³/mol. The molecular weight excluding hydrogens is 258 g/mol. The number of benzene rings is 1. The monoisotopic (exact) mass is 281 g/mol. The molecule has 1 aliphatic heterocycles. The standard InChI is InChI=1S/C19H23NO/c21-18-17(9-13-4-2-1-3-5-13)20(18)19-10-14-6-15(11-19)8-16(7-14)12-19/h1-5,14-17H,6-12H2. The lowest BCUT2D eigenvalue weighted by molar-refractivity contribution is -0.121. The highest BCUT2D eigenvalue weighted by atomic mass is 16.2. The fourth-order valence-electron chi connectivity index (χ4n) is 6.16. The number of carbonyl (C=O) groups excluding carboxylic acids is 1. The van der Waals surface area contributed by atoms with Gasteiger partial charge in [-0.15, -0.1) is 0 Å². The van der Waals surface area contributed by atoms with Gasteiger partial charge in [-0.05, 0) is 61.8 Å². The van der Waals surface area contributed by atoms with Crippen molar-refractivity contribution in [1.29, 1.82) is 0 Å². The second-order valence-electron chi connectivity index (χ2n) is 8.06. The van der Waals surface area contributed by atoms with Crippen LogP contribution in [0.25, 0.3) is 0 Å². The molecule has 110 valence electrons. The lowest BCUT2D eigenvalue weighted by Crippen LogP contribution is -2.55. The summed E-state index contributed by atoms with van der Waals surface area (Å²) in [7, 11) is 0. The molecule has 2 heteroatoms. The lowest BCUT2D eigenvalue weighted by Gasteiger charge is -2.57. The Labute approximate surface area is 126 Å². The SMILES string of the molecule is O=C1C(Cc2ccccc2)N1C12CC3CC(CC(C3)C1)C2. The highest BCUT2D eigenvalue weighted by Gasteiger charge is 2.63. The van der Waals surface area contributed by atoms with Crippen LogP contribution in [0.2, 0.25) is 0 Å². The van der Waals surface area contributed by atoms with Crippen molar-refractivity contribution >= 4 is 5.91 Å². The first-order valence-corrected chi connectivity index (χ1v) is 8.61. The second kappa shape index (κ2) is 4.12. The van der Waals surface area contributed by atoms with Crippen LogP contribution in [0.1, 0.15) is 44.1 Å². The van der Waals surface area contributed by atoms with Gasteiger partial charge < -0.3 is 4.90 Å². The Morgan fingerprint density at radius 1 is 0.952 bits per heavy atom. The predicted octanol–water partition coefficient (Wildman–Crippen LogP) is 3.41. The summed E-state index contributed by atoms with van der Waals surface area (Å²) >= 11 is 0. The maximum absolute atomic E-state index is 12.5. The van der Waals surface area contributed by atoms with E-state index in [0.717, 1.165) is 24.2 Å². The molecule has 0 N–H and O–H groups in total. The largest absolute Gasteiger partial charge is 0.323 e. The number of amides is 1. The molecule has 5 fully saturated rings. The molecule has 1 atom stereocenters. The van der Waals surface area contributed by atoms with Crippen LogP contribution in [-0.2, 0) is 11.2 Å². The molecule has 1 unspecified atom stereocenters. The van der Waals surface area contributed by atoms with Crippen LogP contribution in [0.15, 0.2) is 30.3 Å². The topological polar surface area (TPSA) is 20.1 Å². The molecule has 0 radical (unpaired) electrons. The summed E-state index contributed by atoms with van der Waals surface area (Å²) in [6.45, 7) is 0. The maximum atomic E-state index is 12.5. The van der Waals surface area contributed by atoms with Gasteiger partial charge in [-0.3, -0.25) is 4.79 Å². The van der Waals surface area contributed by atoms with Gasteiger partial charge in [0.05, 0.1) is 0 Å². The molecule has 1 saturated heterocycles. The minimum atomic E-state index is 0.184. The second-order valence-corrected chi connectivity index (χ2v) is 8.06. The van der Waals surface area contributed by atoms with Gasteiger partial charge in [0, 0.05) is 12.0 Å². The van der Waals surface area contributed by atoms with E-state index >= 15 is 0 Å². The number of carbonyl (C=O) groups is 1. The van der Waals surface area contributed by atoms with Crippen LogP contribution in [0.4, 0.5) is 0 Å². The van der Waals surface area contributed by atoms with E-state index in [2.05, 4.69) is 35.2 Å². The van der Waals surface area contributed by atoms with E-state index in [1.165, 1.54) is 44.1 Å². The highest BCUT2D eigenvalue weighted by Crippen LogP contribution is 2.60. The third kappa shape index (κ3) is 1.81. The van der Waals surface area contributed by atoms with Gasteiger partial charge in [0.2, 0.25) is 5.91 Å². The van der Waals surface area contributed by atoms with Crippen molar-refractivity contribution in [3.8, 4) is 0 Å². The lowest BCUT2D eigenvalue weighted by atomic mass is 9.53. The van der Waals surface area contributed by atoms with Crippen molar-refractivity contribution < 1.29 is 4.79 Å². The number of nitrogens with zero attached hydrogens (tertiary/aromatic N) is 1. The van der Waals surface area contributed by atoms with Gasteiger partial charge in [0.25, 0.3) is 0 Å². The quantitative estimate of drug-likeness (QED) is 0.777. The number of rotatable bonds is 3. The normalized spacial score (nSPS) is 43.4. The average Bonchev–Trinajstić information content (AvgIpc) is 3.09. The molecule has 4 bridgehead atoms. The van der Waals surface area contributed by atoms with Crippen LogP contribution >= 0.6 is 0 Å². The summed E-state index contributed by atoms with van der Waals surface area (Å²) in [5, 5.41) is 0. The Morgan fingerprint density at radius 2 is 1.52 bits per heavy atom. The van der Waals surface area contributed by atoms with E-state index in [0.29, 0.717) is 5.91 Å². The van der Waals surface area contributed by atoms with E-state index < -0.39 is 0 Å². The summed E-state index contributed by atoms with van der Waals surface area (Å²) < 4.78 is 0. The van der Waals surface area contributed by atoms with Crippen molar-refractivity contribution in [2.24, 2.45) is 17.8 Å². The highest BCUT2D eigenvalue weighted by molar-refractivity contribution is 5.98. The molecule has 4 aliphatic carbocycles. The van der Waals surface area contributed by atoms with E-state index in [1.807, 2.05) is 0 Å². The first kappa shape index (κ1) is 12.3. The van der Waals surface area contributed by atoms with E-state index in [-0.39, 0.29) is 11.6 Å². The van der Waals surface area contributed by atoms with E-state index in [1.54, 1.807) is 0 Å². The first-order valence-electron chi connectivity index (χ1n) is 8.61. The molecule has 5 aliphatic rings. The molecule has 21 heavy (non-hydrogen) atoms. The van der Waals surface area contributed by atoms with Gasteiger partial charge in [0.15, 0.2) is 0 Å². The summed E-state index contributed by atoms with van der Waals surface area (Å²) in [6, 6.07) is 10.7. The zero-order valence-corrected chi connectivity index (χ0v) is 12.5. The molecule has 0 spiro atoms.